The molecule has 0 unspecified atom stereocenters. The molecule has 0 heterocycles. The van der Waals surface area contributed by atoms with E-state index in [1.165, 1.54) is 5.56 Å². The van der Waals surface area contributed by atoms with Crippen LogP contribution in [-0.2, 0) is 0 Å². The van der Waals surface area contributed by atoms with Gasteiger partial charge in [-0.3, -0.25) is 0 Å². The Morgan fingerprint density at radius 2 is 2.00 bits per heavy atom. The third-order valence-electron chi connectivity index (χ3n) is 2.71. The zero-order chi connectivity index (χ0) is 11.5. The molecule has 0 aliphatic rings. The second-order valence-electron chi connectivity index (χ2n) is 4.99. The maximum Gasteiger partial charge on any atom is 0.0437 e. The molecule has 0 aliphatic carbocycles. The molecule has 1 aromatic rings. The SMILES string of the molecule is CC(C)(C)[C@H](CCO)c1cccc(Cl)c1. The van der Waals surface area contributed by atoms with E-state index in [1.54, 1.807) is 0 Å². The minimum Gasteiger partial charge on any atom is -0.396 e. The van der Waals surface area contributed by atoms with Gasteiger partial charge in [-0.1, -0.05) is 44.5 Å². The van der Waals surface area contributed by atoms with E-state index in [4.69, 9.17) is 16.7 Å². The molecular weight excluding hydrogens is 208 g/mol. The van der Waals surface area contributed by atoms with Crippen molar-refractivity contribution in [3.63, 3.8) is 0 Å². The summed E-state index contributed by atoms with van der Waals surface area (Å²) in [6.07, 6.45) is 0.782. The van der Waals surface area contributed by atoms with Crippen LogP contribution < -0.4 is 0 Å². The largest absolute Gasteiger partial charge is 0.396 e. The van der Waals surface area contributed by atoms with Crippen LogP contribution in [0.25, 0.3) is 0 Å². The summed E-state index contributed by atoms with van der Waals surface area (Å²) in [5, 5.41) is 9.86. The Labute approximate surface area is 97.1 Å². The quantitative estimate of drug-likeness (QED) is 0.830. The van der Waals surface area contributed by atoms with Crippen molar-refractivity contribution < 1.29 is 5.11 Å². The minimum absolute atomic E-state index is 0.146. The zero-order valence-electron chi connectivity index (χ0n) is 9.63. The molecule has 15 heavy (non-hydrogen) atoms. The van der Waals surface area contributed by atoms with Crippen LogP contribution in [0.3, 0.4) is 0 Å². The summed E-state index contributed by atoms with van der Waals surface area (Å²) in [5.41, 5.74) is 1.36. The summed E-state index contributed by atoms with van der Waals surface area (Å²) >= 11 is 5.98. The average molecular weight is 227 g/mol. The van der Waals surface area contributed by atoms with Crippen molar-refractivity contribution in [3.05, 3.63) is 34.9 Å². The maximum atomic E-state index is 9.10. The molecule has 0 fully saturated rings. The Kier molecular flexibility index (Phi) is 4.18. The molecule has 0 saturated carbocycles. The first-order chi connectivity index (χ1) is 6.95. The van der Waals surface area contributed by atoms with Gasteiger partial charge in [0.15, 0.2) is 0 Å². The van der Waals surface area contributed by atoms with Crippen molar-refractivity contribution in [2.75, 3.05) is 6.61 Å². The molecule has 2 heteroatoms. The van der Waals surface area contributed by atoms with Gasteiger partial charge in [0.25, 0.3) is 0 Å². The number of rotatable bonds is 3. The van der Waals surface area contributed by atoms with E-state index in [0.717, 1.165) is 11.4 Å². The monoisotopic (exact) mass is 226 g/mol. The molecule has 0 aliphatic heterocycles. The Hall–Kier alpha value is -0.530. The van der Waals surface area contributed by atoms with E-state index in [1.807, 2.05) is 18.2 Å². The highest BCUT2D eigenvalue weighted by Gasteiger charge is 2.25. The molecule has 1 rings (SSSR count). The fourth-order valence-corrected chi connectivity index (χ4v) is 2.15. The number of benzene rings is 1. The second-order valence-corrected chi connectivity index (χ2v) is 5.42. The molecular formula is C13H19ClO. The molecule has 1 atom stereocenters. The predicted molar refractivity (Wildman–Crippen MR) is 65.4 cm³/mol. The standard InChI is InChI=1S/C13H19ClO/c1-13(2,3)12(7-8-15)10-5-4-6-11(14)9-10/h4-6,9,12,15H,7-8H2,1-3H3/t12-/m1/s1. The summed E-state index contributed by atoms with van der Waals surface area (Å²) in [6, 6.07) is 7.92. The first-order valence-corrected chi connectivity index (χ1v) is 5.69. The lowest BCUT2D eigenvalue weighted by Gasteiger charge is -2.30. The van der Waals surface area contributed by atoms with Crippen molar-refractivity contribution >= 4 is 11.6 Å². The van der Waals surface area contributed by atoms with Gasteiger partial charge in [-0.25, -0.2) is 0 Å². The Morgan fingerprint density at radius 3 is 2.47 bits per heavy atom. The smallest absolute Gasteiger partial charge is 0.0437 e. The van der Waals surface area contributed by atoms with Crippen LogP contribution in [0.4, 0.5) is 0 Å². The highest BCUT2D eigenvalue weighted by atomic mass is 35.5. The number of hydrogen-bond donors (Lipinski definition) is 1. The lowest BCUT2D eigenvalue weighted by Crippen LogP contribution is -2.19. The topological polar surface area (TPSA) is 20.2 Å². The first-order valence-electron chi connectivity index (χ1n) is 5.31. The number of halogens is 1. The van der Waals surface area contributed by atoms with Gasteiger partial charge in [0.05, 0.1) is 0 Å². The van der Waals surface area contributed by atoms with Gasteiger partial charge in [-0.15, -0.1) is 0 Å². The van der Waals surface area contributed by atoms with Gasteiger partial charge < -0.3 is 5.11 Å². The minimum atomic E-state index is 0.146. The molecule has 0 saturated heterocycles. The summed E-state index contributed by atoms with van der Waals surface area (Å²) in [4.78, 5) is 0. The van der Waals surface area contributed by atoms with Crippen LogP contribution in [0.5, 0.6) is 0 Å². The third kappa shape index (κ3) is 3.51. The van der Waals surface area contributed by atoms with E-state index >= 15 is 0 Å². The highest BCUT2D eigenvalue weighted by Crippen LogP contribution is 2.38. The van der Waals surface area contributed by atoms with Crippen molar-refractivity contribution in [1.82, 2.24) is 0 Å². The molecule has 0 aromatic heterocycles. The summed E-state index contributed by atoms with van der Waals surface area (Å²) in [7, 11) is 0. The van der Waals surface area contributed by atoms with Gasteiger partial charge in [0, 0.05) is 11.6 Å². The summed E-state index contributed by atoms with van der Waals surface area (Å²) in [6.45, 7) is 6.78. The predicted octanol–water partition coefficient (Wildman–Crippen LogP) is 3.85. The van der Waals surface area contributed by atoms with Crippen molar-refractivity contribution in [2.24, 2.45) is 5.41 Å². The van der Waals surface area contributed by atoms with Crippen molar-refractivity contribution in [3.8, 4) is 0 Å². The molecule has 1 nitrogen and oxygen atoms in total. The summed E-state index contributed by atoms with van der Waals surface area (Å²) in [5.74, 6) is 0.348. The van der Waals surface area contributed by atoms with Crippen LogP contribution in [0.2, 0.25) is 5.02 Å². The van der Waals surface area contributed by atoms with Gasteiger partial charge >= 0.3 is 0 Å². The van der Waals surface area contributed by atoms with Crippen LogP contribution >= 0.6 is 11.6 Å². The van der Waals surface area contributed by atoms with E-state index in [0.29, 0.717) is 5.92 Å². The molecule has 1 aromatic carbocycles. The lowest BCUT2D eigenvalue weighted by atomic mass is 9.75. The summed E-state index contributed by atoms with van der Waals surface area (Å²) < 4.78 is 0. The second kappa shape index (κ2) is 5.00. The van der Waals surface area contributed by atoms with E-state index in [9.17, 15) is 0 Å². The van der Waals surface area contributed by atoms with Crippen molar-refractivity contribution in [2.45, 2.75) is 33.1 Å². The normalized spacial score (nSPS) is 13.9. The van der Waals surface area contributed by atoms with Crippen LogP contribution in [-0.4, -0.2) is 11.7 Å². The molecule has 0 amide bonds. The van der Waals surface area contributed by atoms with Crippen molar-refractivity contribution in [1.29, 1.82) is 0 Å². The molecule has 0 bridgehead atoms. The number of aliphatic hydroxyl groups excluding tert-OH is 1. The van der Waals surface area contributed by atoms with Crippen LogP contribution in [0, 0.1) is 5.41 Å². The molecule has 0 spiro atoms. The van der Waals surface area contributed by atoms with Gasteiger partial charge in [-0.05, 0) is 35.4 Å². The lowest BCUT2D eigenvalue weighted by molar-refractivity contribution is 0.223. The van der Waals surface area contributed by atoms with E-state index < -0.39 is 0 Å². The van der Waals surface area contributed by atoms with E-state index in [2.05, 4.69) is 26.8 Å². The van der Waals surface area contributed by atoms with Gasteiger partial charge in [0.2, 0.25) is 0 Å². The fourth-order valence-electron chi connectivity index (χ4n) is 1.95. The van der Waals surface area contributed by atoms with Gasteiger partial charge in [0.1, 0.15) is 0 Å². The zero-order valence-corrected chi connectivity index (χ0v) is 10.4. The van der Waals surface area contributed by atoms with E-state index in [-0.39, 0.29) is 12.0 Å². The molecule has 1 N–H and O–H groups in total. The fraction of sp³-hybridized carbons (Fsp3) is 0.538. The Morgan fingerprint density at radius 1 is 1.33 bits per heavy atom. The average Bonchev–Trinajstić information content (AvgIpc) is 2.12. The van der Waals surface area contributed by atoms with Crippen LogP contribution in [0.15, 0.2) is 24.3 Å². The Bertz CT molecular complexity index is 315. The number of aliphatic hydroxyl groups is 1. The molecule has 84 valence electrons. The highest BCUT2D eigenvalue weighted by molar-refractivity contribution is 6.30. The Balaban J connectivity index is 2.99. The third-order valence-corrected chi connectivity index (χ3v) is 2.95. The molecule has 0 radical (unpaired) electrons. The van der Waals surface area contributed by atoms with Gasteiger partial charge in [-0.2, -0.15) is 0 Å². The first kappa shape index (κ1) is 12.5. The van der Waals surface area contributed by atoms with Crippen LogP contribution in [0.1, 0.15) is 38.7 Å². The number of hydrogen-bond acceptors (Lipinski definition) is 1. The maximum absolute atomic E-state index is 9.10.